The van der Waals surface area contributed by atoms with E-state index in [0.717, 1.165) is 17.3 Å². The number of carboxylic acid groups (broad SMARTS) is 1. The molecule has 1 rings (SSSR count). The van der Waals surface area contributed by atoms with E-state index in [1.807, 2.05) is 19.1 Å². The van der Waals surface area contributed by atoms with Crippen LogP contribution in [0.25, 0.3) is 0 Å². The summed E-state index contributed by atoms with van der Waals surface area (Å²) in [4.78, 5) is 22.7. The predicted octanol–water partition coefficient (Wildman–Crippen LogP) is 3.46. The van der Waals surface area contributed by atoms with Crippen molar-refractivity contribution in [2.24, 2.45) is 5.92 Å². The third kappa shape index (κ3) is 6.06. The second-order valence-electron chi connectivity index (χ2n) is 4.52. The van der Waals surface area contributed by atoms with Crippen molar-refractivity contribution in [3.8, 4) is 0 Å². The number of amides is 2. The van der Waals surface area contributed by atoms with Gasteiger partial charge in [-0.25, -0.2) is 4.79 Å². The molecule has 0 aliphatic heterocycles. The maximum atomic E-state index is 11.7. The molecule has 20 heavy (non-hydrogen) atoms. The van der Waals surface area contributed by atoms with Crippen molar-refractivity contribution < 1.29 is 14.7 Å². The Kier molecular flexibility index (Phi) is 7.08. The molecule has 6 heteroatoms. The molecule has 0 heterocycles. The summed E-state index contributed by atoms with van der Waals surface area (Å²) < 4.78 is 0.925. The number of unbranched alkanes of at least 4 members (excludes halogenated alkanes) is 1. The SMILES string of the molecule is CCCCC(CNC(=O)Nc1ccc(Br)cc1)C(=O)O. The first kappa shape index (κ1) is 16.5. The number of carbonyl (C=O) groups is 2. The summed E-state index contributed by atoms with van der Waals surface area (Å²) in [6, 6.07) is 6.76. The lowest BCUT2D eigenvalue weighted by molar-refractivity contribution is -0.141. The minimum absolute atomic E-state index is 0.137. The van der Waals surface area contributed by atoms with E-state index in [4.69, 9.17) is 5.11 Å². The summed E-state index contributed by atoms with van der Waals surface area (Å²) in [6.07, 6.45) is 2.35. The molecule has 0 aromatic heterocycles. The van der Waals surface area contributed by atoms with Gasteiger partial charge >= 0.3 is 12.0 Å². The summed E-state index contributed by atoms with van der Waals surface area (Å²) >= 11 is 3.31. The Balaban J connectivity index is 2.41. The van der Waals surface area contributed by atoms with Gasteiger partial charge in [-0.1, -0.05) is 35.7 Å². The molecule has 0 saturated carbocycles. The number of hydrogen-bond acceptors (Lipinski definition) is 2. The first-order valence-electron chi connectivity index (χ1n) is 6.56. The molecular weight excluding hydrogens is 324 g/mol. The number of benzene rings is 1. The summed E-state index contributed by atoms with van der Waals surface area (Å²) in [5.41, 5.74) is 0.658. The van der Waals surface area contributed by atoms with Crippen molar-refractivity contribution in [1.82, 2.24) is 5.32 Å². The second kappa shape index (κ2) is 8.58. The highest BCUT2D eigenvalue weighted by molar-refractivity contribution is 9.10. The first-order valence-corrected chi connectivity index (χ1v) is 7.35. The second-order valence-corrected chi connectivity index (χ2v) is 5.43. The summed E-state index contributed by atoms with van der Waals surface area (Å²) in [6.45, 7) is 2.14. The highest BCUT2D eigenvalue weighted by Gasteiger charge is 2.17. The molecule has 2 amide bonds. The number of rotatable bonds is 7. The van der Waals surface area contributed by atoms with E-state index in [2.05, 4.69) is 26.6 Å². The molecule has 1 aromatic rings. The minimum Gasteiger partial charge on any atom is -0.481 e. The van der Waals surface area contributed by atoms with Crippen LogP contribution in [0, 0.1) is 5.92 Å². The van der Waals surface area contributed by atoms with Gasteiger partial charge in [-0.05, 0) is 30.7 Å². The third-order valence-electron chi connectivity index (χ3n) is 2.87. The monoisotopic (exact) mass is 342 g/mol. The number of halogens is 1. The Hall–Kier alpha value is -1.56. The summed E-state index contributed by atoms with van der Waals surface area (Å²) in [5, 5.41) is 14.3. The van der Waals surface area contributed by atoms with Crippen LogP contribution in [-0.2, 0) is 4.79 Å². The van der Waals surface area contributed by atoms with Crippen molar-refractivity contribution >= 4 is 33.6 Å². The van der Waals surface area contributed by atoms with E-state index in [-0.39, 0.29) is 6.54 Å². The van der Waals surface area contributed by atoms with Crippen LogP contribution in [0.1, 0.15) is 26.2 Å². The zero-order valence-electron chi connectivity index (χ0n) is 11.4. The first-order chi connectivity index (χ1) is 9.52. The lowest BCUT2D eigenvalue weighted by Gasteiger charge is -2.13. The number of anilines is 1. The van der Waals surface area contributed by atoms with Crippen molar-refractivity contribution in [3.05, 3.63) is 28.7 Å². The van der Waals surface area contributed by atoms with E-state index in [0.29, 0.717) is 12.1 Å². The van der Waals surface area contributed by atoms with Crippen LogP contribution in [0.4, 0.5) is 10.5 Å². The molecule has 0 saturated heterocycles. The van der Waals surface area contributed by atoms with Crippen molar-refractivity contribution in [3.63, 3.8) is 0 Å². The maximum Gasteiger partial charge on any atom is 0.319 e. The van der Waals surface area contributed by atoms with Crippen LogP contribution >= 0.6 is 15.9 Å². The van der Waals surface area contributed by atoms with Gasteiger partial charge in [0.25, 0.3) is 0 Å². The molecule has 0 aliphatic rings. The molecule has 110 valence electrons. The average molecular weight is 343 g/mol. The quantitative estimate of drug-likeness (QED) is 0.709. The van der Waals surface area contributed by atoms with Crippen molar-refractivity contribution in [2.75, 3.05) is 11.9 Å². The number of hydrogen-bond donors (Lipinski definition) is 3. The Morgan fingerprint density at radius 2 is 1.95 bits per heavy atom. The Morgan fingerprint density at radius 3 is 2.50 bits per heavy atom. The topological polar surface area (TPSA) is 78.4 Å². The number of nitrogens with one attached hydrogen (secondary N) is 2. The van der Waals surface area contributed by atoms with Crippen molar-refractivity contribution in [2.45, 2.75) is 26.2 Å². The van der Waals surface area contributed by atoms with Gasteiger partial charge in [0.1, 0.15) is 0 Å². The van der Waals surface area contributed by atoms with E-state index < -0.39 is 17.9 Å². The largest absolute Gasteiger partial charge is 0.481 e. The summed E-state index contributed by atoms with van der Waals surface area (Å²) in [5.74, 6) is -1.41. The molecule has 1 unspecified atom stereocenters. The summed E-state index contributed by atoms with van der Waals surface area (Å²) in [7, 11) is 0. The molecule has 1 atom stereocenters. The Bertz CT molecular complexity index is 448. The van der Waals surface area contributed by atoms with Gasteiger partial charge in [0, 0.05) is 16.7 Å². The number of carbonyl (C=O) groups excluding carboxylic acids is 1. The van der Waals surface area contributed by atoms with Crippen LogP contribution in [0.3, 0.4) is 0 Å². The third-order valence-corrected chi connectivity index (χ3v) is 3.40. The molecule has 0 bridgehead atoms. The smallest absolute Gasteiger partial charge is 0.319 e. The molecule has 1 aromatic carbocycles. The van der Waals surface area contributed by atoms with Gasteiger partial charge < -0.3 is 15.7 Å². The van der Waals surface area contributed by atoms with Crippen LogP contribution in [0.5, 0.6) is 0 Å². The van der Waals surface area contributed by atoms with Gasteiger partial charge in [0.2, 0.25) is 0 Å². The minimum atomic E-state index is -0.873. The molecule has 0 radical (unpaired) electrons. The molecule has 0 aliphatic carbocycles. The van der Waals surface area contributed by atoms with Gasteiger partial charge in [-0.2, -0.15) is 0 Å². The fourth-order valence-electron chi connectivity index (χ4n) is 1.69. The number of aliphatic carboxylic acids is 1. The molecule has 0 fully saturated rings. The van der Waals surface area contributed by atoms with Crippen molar-refractivity contribution in [1.29, 1.82) is 0 Å². The van der Waals surface area contributed by atoms with E-state index in [1.54, 1.807) is 12.1 Å². The fraction of sp³-hybridized carbons (Fsp3) is 0.429. The van der Waals surface area contributed by atoms with E-state index in [1.165, 1.54) is 0 Å². The molecular formula is C14H19BrN2O3. The Morgan fingerprint density at radius 1 is 1.30 bits per heavy atom. The zero-order valence-corrected chi connectivity index (χ0v) is 12.9. The van der Waals surface area contributed by atoms with Crippen LogP contribution in [-0.4, -0.2) is 23.7 Å². The van der Waals surface area contributed by atoms with Crippen LogP contribution in [0.15, 0.2) is 28.7 Å². The molecule has 5 nitrogen and oxygen atoms in total. The zero-order chi connectivity index (χ0) is 15.0. The van der Waals surface area contributed by atoms with Crippen LogP contribution < -0.4 is 10.6 Å². The standard InChI is InChI=1S/C14H19BrN2O3/c1-2-3-4-10(13(18)19)9-16-14(20)17-12-7-5-11(15)6-8-12/h5-8,10H,2-4,9H2,1H3,(H,18,19)(H2,16,17,20). The lowest BCUT2D eigenvalue weighted by atomic mass is 10.0. The lowest BCUT2D eigenvalue weighted by Crippen LogP contribution is -2.35. The number of carboxylic acids is 1. The highest BCUT2D eigenvalue weighted by Crippen LogP contribution is 2.14. The van der Waals surface area contributed by atoms with Gasteiger partial charge in [-0.15, -0.1) is 0 Å². The highest BCUT2D eigenvalue weighted by atomic mass is 79.9. The van der Waals surface area contributed by atoms with Crippen LogP contribution in [0.2, 0.25) is 0 Å². The average Bonchev–Trinajstić information content (AvgIpc) is 2.41. The number of urea groups is 1. The molecule has 0 spiro atoms. The van der Waals surface area contributed by atoms with Gasteiger partial charge in [0.05, 0.1) is 5.92 Å². The predicted molar refractivity (Wildman–Crippen MR) is 81.8 cm³/mol. The van der Waals surface area contributed by atoms with E-state index >= 15 is 0 Å². The van der Waals surface area contributed by atoms with Gasteiger partial charge in [0.15, 0.2) is 0 Å². The van der Waals surface area contributed by atoms with Gasteiger partial charge in [-0.3, -0.25) is 4.79 Å². The van der Waals surface area contributed by atoms with E-state index in [9.17, 15) is 9.59 Å². The normalized spacial score (nSPS) is 11.7. The molecule has 3 N–H and O–H groups in total. The Labute approximate surface area is 126 Å². The maximum absolute atomic E-state index is 11.7. The fourth-order valence-corrected chi connectivity index (χ4v) is 1.95.